The second-order valence-electron chi connectivity index (χ2n) is 6.83. The minimum Gasteiger partial charge on any atom is -0.325 e. The quantitative estimate of drug-likeness (QED) is 0.433. The van der Waals surface area contributed by atoms with E-state index in [1.807, 2.05) is 0 Å². The average Bonchev–Trinajstić information content (AvgIpc) is 3.39. The molecule has 9 nitrogen and oxygen atoms in total. The SMILES string of the molecule is O=C(CN1C(=O)S/C(=C/c2ccc(Cl)cc2)C1=O)Nc1ccc(S(=O)(=O)Nc2nccs2)cc1. The highest BCUT2D eigenvalue weighted by atomic mass is 35.5. The third kappa shape index (κ3) is 5.65. The molecule has 34 heavy (non-hydrogen) atoms. The molecule has 1 aliphatic rings. The average molecular weight is 535 g/mol. The van der Waals surface area contributed by atoms with Crippen LogP contribution in [-0.4, -0.2) is 41.9 Å². The summed E-state index contributed by atoms with van der Waals surface area (Å²) in [6.45, 7) is -0.478. The van der Waals surface area contributed by atoms with Crippen molar-refractivity contribution < 1.29 is 22.8 Å². The van der Waals surface area contributed by atoms with Crippen LogP contribution in [0.25, 0.3) is 6.08 Å². The van der Waals surface area contributed by atoms with E-state index in [2.05, 4.69) is 15.0 Å². The number of sulfonamides is 1. The van der Waals surface area contributed by atoms with Crippen LogP contribution in [0.1, 0.15) is 5.56 Å². The number of aromatic nitrogens is 1. The summed E-state index contributed by atoms with van der Waals surface area (Å²) >= 11 is 7.74. The predicted molar refractivity (Wildman–Crippen MR) is 132 cm³/mol. The molecule has 4 rings (SSSR count). The van der Waals surface area contributed by atoms with Crippen LogP contribution in [0.5, 0.6) is 0 Å². The molecule has 2 N–H and O–H groups in total. The first kappa shape index (κ1) is 24.0. The molecular weight excluding hydrogens is 520 g/mol. The van der Waals surface area contributed by atoms with E-state index in [1.165, 1.54) is 30.5 Å². The summed E-state index contributed by atoms with van der Waals surface area (Å²) in [4.78, 5) is 42.2. The molecular formula is C21H15ClN4O5S3. The minimum atomic E-state index is -3.82. The Morgan fingerprint density at radius 3 is 2.44 bits per heavy atom. The van der Waals surface area contributed by atoms with Crippen molar-refractivity contribution in [2.75, 3.05) is 16.6 Å². The van der Waals surface area contributed by atoms with E-state index in [4.69, 9.17) is 11.6 Å². The number of hydrogen-bond acceptors (Lipinski definition) is 8. The van der Waals surface area contributed by atoms with Gasteiger partial charge in [0.25, 0.3) is 21.2 Å². The third-order valence-corrected chi connectivity index (χ3v) is 7.78. The second-order valence-corrected chi connectivity index (χ2v) is 10.8. The summed E-state index contributed by atoms with van der Waals surface area (Å²) in [5.41, 5.74) is 1.00. The first-order valence-electron chi connectivity index (χ1n) is 9.54. The van der Waals surface area contributed by atoms with Crippen molar-refractivity contribution in [2.45, 2.75) is 4.90 Å². The number of thiazole rings is 1. The molecule has 0 saturated carbocycles. The number of carbonyl (C=O) groups is 3. The molecule has 1 aromatic heterocycles. The Hall–Kier alpha value is -3.19. The van der Waals surface area contributed by atoms with Gasteiger partial charge in [0.1, 0.15) is 6.54 Å². The molecule has 2 heterocycles. The number of imide groups is 1. The smallest absolute Gasteiger partial charge is 0.294 e. The van der Waals surface area contributed by atoms with E-state index in [0.717, 1.165) is 28.0 Å². The summed E-state index contributed by atoms with van der Waals surface area (Å²) in [6.07, 6.45) is 3.03. The van der Waals surface area contributed by atoms with Crippen LogP contribution in [0.2, 0.25) is 5.02 Å². The Kier molecular flexibility index (Phi) is 7.03. The van der Waals surface area contributed by atoms with Gasteiger partial charge in [0.05, 0.1) is 9.80 Å². The highest BCUT2D eigenvalue weighted by Gasteiger charge is 2.36. The molecule has 0 unspecified atom stereocenters. The maximum absolute atomic E-state index is 12.6. The van der Waals surface area contributed by atoms with E-state index in [1.54, 1.807) is 35.7 Å². The molecule has 0 atom stereocenters. The second kappa shape index (κ2) is 9.97. The maximum atomic E-state index is 12.6. The topological polar surface area (TPSA) is 126 Å². The van der Waals surface area contributed by atoms with Crippen molar-refractivity contribution in [3.8, 4) is 0 Å². The number of rotatable bonds is 7. The van der Waals surface area contributed by atoms with Crippen molar-refractivity contribution in [2.24, 2.45) is 0 Å². The van der Waals surface area contributed by atoms with Crippen LogP contribution in [0.15, 0.2) is 69.9 Å². The number of halogens is 1. The lowest BCUT2D eigenvalue weighted by Gasteiger charge is -2.13. The summed E-state index contributed by atoms with van der Waals surface area (Å²) < 4.78 is 27.1. The standard InChI is InChI=1S/C21H15ClN4O5S3/c22-14-3-1-13(2-4-14)11-17-19(28)26(21(29)33-17)12-18(27)24-15-5-7-16(8-6-15)34(30,31)25-20-23-9-10-32-20/h1-11H,12H2,(H,23,25)(H,24,27)/b17-11+. The molecule has 0 aliphatic carbocycles. The Morgan fingerprint density at radius 1 is 1.09 bits per heavy atom. The molecule has 1 fully saturated rings. The summed E-state index contributed by atoms with van der Waals surface area (Å²) in [5, 5.41) is 4.41. The van der Waals surface area contributed by atoms with Gasteiger partial charge in [0, 0.05) is 22.3 Å². The van der Waals surface area contributed by atoms with Crippen LogP contribution in [-0.2, 0) is 19.6 Å². The monoisotopic (exact) mass is 534 g/mol. The molecule has 1 aliphatic heterocycles. The fourth-order valence-electron chi connectivity index (χ4n) is 2.86. The number of nitrogens with zero attached hydrogens (tertiary/aromatic N) is 2. The zero-order valence-electron chi connectivity index (χ0n) is 17.1. The molecule has 0 radical (unpaired) electrons. The first-order valence-corrected chi connectivity index (χ1v) is 13.1. The van der Waals surface area contributed by atoms with Gasteiger partial charge in [0.15, 0.2) is 5.13 Å². The lowest BCUT2D eigenvalue weighted by Crippen LogP contribution is -2.36. The van der Waals surface area contributed by atoms with E-state index >= 15 is 0 Å². The van der Waals surface area contributed by atoms with Crippen LogP contribution in [0.3, 0.4) is 0 Å². The largest absolute Gasteiger partial charge is 0.325 e. The number of carbonyl (C=O) groups excluding carboxylic acids is 3. The van der Waals surface area contributed by atoms with E-state index in [-0.39, 0.29) is 14.9 Å². The molecule has 3 aromatic rings. The van der Waals surface area contributed by atoms with Crippen LogP contribution in [0, 0.1) is 0 Å². The van der Waals surface area contributed by atoms with Crippen molar-refractivity contribution in [1.82, 2.24) is 9.88 Å². The van der Waals surface area contributed by atoms with Crippen molar-refractivity contribution in [3.05, 3.63) is 75.6 Å². The molecule has 1 saturated heterocycles. The first-order chi connectivity index (χ1) is 16.2. The number of thioether (sulfide) groups is 1. The van der Waals surface area contributed by atoms with Crippen LogP contribution in [0.4, 0.5) is 15.6 Å². The van der Waals surface area contributed by atoms with Gasteiger partial charge in [-0.25, -0.2) is 13.4 Å². The van der Waals surface area contributed by atoms with Gasteiger partial charge in [-0.1, -0.05) is 23.7 Å². The van der Waals surface area contributed by atoms with Crippen LogP contribution < -0.4 is 10.0 Å². The van der Waals surface area contributed by atoms with Crippen molar-refractivity contribution in [3.63, 3.8) is 0 Å². The fourth-order valence-corrected chi connectivity index (χ4v) is 5.61. The number of anilines is 2. The predicted octanol–water partition coefficient (Wildman–Crippen LogP) is 4.27. The Morgan fingerprint density at radius 2 is 1.79 bits per heavy atom. The zero-order valence-corrected chi connectivity index (χ0v) is 20.3. The number of hydrogen-bond donors (Lipinski definition) is 2. The Balaban J connectivity index is 1.38. The highest BCUT2D eigenvalue weighted by molar-refractivity contribution is 8.18. The number of amides is 3. The summed E-state index contributed by atoms with van der Waals surface area (Å²) in [7, 11) is -3.82. The summed E-state index contributed by atoms with van der Waals surface area (Å²) in [6, 6.07) is 12.2. The van der Waals surface area contributed by atoms with Gasteiger partial charge in [-0.05, 0) is 59.8 Å². The van der Waals surface area contributed by atoms with Gasteiger partial charge in [0.2, 0.25) is 5.91 Å². The molecule has 13 heteroatoms. The van der Waals surface area contributed by atoms with Gasteiger partial charge in [-0.15, -0.1) is 11.3 Å². The number of nitrogens with one attached hydrogen (secondary N) is 2. The third-order valence-electron chi connectivity index (χ3n) is 4.45. The Bertz CT molecular complexity index is 1370. The normalized spacial score (nSPS) is 15.1. The van der Waals surface area contributed by atoms with Gasteiger partial charge >= 0.3 is 0 Å². The zero-order chi connectivity index (χ0) is 24.3. The van der Waals surface area contributed by atoms with E-state index < -0.39 is 33.6 Å². The van der Waals surface area contributed by atoms with Gasteiger partial charge in [-0.2, -0.15) is 0 Å². The summed E-state index contributed by atoms with van der Waals surface area (Å²) in [5.74, 6) is -1.18. The Labute approximate surface area is 207 Å². The minimum absolute atomic E-state index is 0.0148. The molecule has 3 amide bonds. The van der Waals surface area contributed by atoms with Crippen molar-refractivity contribution >= 4 is 78.7 Å². The molecule has 0 bridgehead atoms. The highest BCUT2D eigenvalue weighted by Crippen LogP contribution is 2.32. The van der Waals surface area contributed by atoms with Crippen LogP contribution >= 0.6 is 34.7 Å². The maximum Gasteiger partial charge on any atom is 0.294 e. The van der Waals surface area contributed by atoms with E-state index in [0.29, 0.717) is 16.3 Å². The fraction of sp³-hybridized carbons (Fsp3) is 0.0476. The molecule has 2 aromatic carbocycles. The molecule has 174 valence electrons. The van der Waals surface area contributed by atoms with Gasteiger partial charge in [-0.3, -0.25) is 24.0 Å². The van der Waals surface area contributed by atoms with Gasteiger partial charge < -0.3 is 5.32 Å². The number of benzene rings is 2. The van der Waals surface area contributed by atoms with Crippen molar-refractivity contribution in [1.29, 1.82) is 0 Å². The lowest BCUT2D eigenvalue weighted by molar-refractivity contribution is -0.127. The molecule has 0 spiro atoms. The lowest BCUT2D eigenvalue weighted by atomic mass is 10.2. The van der Waals surface area contributed by atoms with E-state index in [9.17, 15) is 22.8 Å².